The fraction of sp³-hybridized carbons (Fsp3) is 0.462. The van der Waals surface area contributed by atoms with Crippen molar-refractivity contribution < 1.29 is 19.6 Å². The van der Waals surface area contributed by atoms with Crippen molar-refractivity contribution in [2.24, 2.45) is 0 Å². The van der Waals surface area contributed by atoms with Gasteiger partial charge in [-0.15, -0.1) is 0 Å². The number of para-hydroxylation sites is 1. The SMILES string of the molecule is Cc1cccc(C(=O)NCCCOCCO)c1[N+](=O)[O-]. The maximum Gasteiger partial charge on any atom is 0.285 e. The van der Waals surface area contributed by atoms with Crippen LogP contribution in [0.25, 0.3) is 0 Å². The van der Waals surface area contributed by atoms with Gasteiger partial charge in [-0.3, -0.25) is 14.9 Å². The Hall–Kier alpha value is -1.99. The first-order valence-electron chi connectivity index (χ1n) is 6.28. The topological polar surface area (TPSA) is 102 Å². The second-order valence-electron chi connectivity index (χ2n) is 4.17. The first kappa shape index (κ1) is 16.1. The molecule has 0 saturated heterocycles. The standard InChI is InChI=1S/C13H18N2O5/c1-10-4-2-5-11(12(10)15(18)19)13(17)14-6-3-8-20-9-7-16/h2,4-5,16H,3,6-9H2,1H3,(H,14,17). The zero-order chi connectivity index (χ0) is 15.0. The Labute approximate surface area is 116 Å². The molecule has 1 amide bonds. The van der Waals surface area contributed by atoms with Gasteiger partial charge in [-0.05, 0) is 19.4 Å². The number of aryl methyl sites for hydroxylation is 1. The van der Waals surface area contributed by atoms with E-state index in [9.17, 15) is 14.9 Å². The summed E-state index contributed by atoms with van der Waals surface area (Å²) in [6, 6.07) is 4.64. The molecule has 0 atom stereocenters. The summed E-state index contributed by atoms with van der Waals surface area (Å²) in [6.07, 6.45) is 0.575. The maximum absolute atomic E-state index is 11.9. The predicted octanol–water partition coefficient (Wildman–Crippen LogP) is 1.03. The van der Waals surface area contributed by atoms with Crippen molar-refractivity contribution in [3.8, 4) is 0 Å². The van der Waals surface area contributed by atoms with Gasteiger partial charge in [0.05, 0.1) is 18.1 Å². The molecule has 1 aromatic rings. The smallest absolute Gasteiger partial charge is 0.285 e. The van der Waals surface area contributed by atoms with E-state index in [2.05, 4.69) is 5.32 Å². The van der Waals surface area contributed by atoms with Gasteiger partial charge < -0.3 is 15.2 Å². The molecule has 7 heteroatoms. The van der Waals surface area contributed by atoms with Crippen LogP contribution in [0.3, 0.4) is 0 Å². The summed E-state index contributed by atoms with van der Waals surface area (Å²) in [5.74, 6) is -0.470. The maximum atomic E-state index is 11.9. The molecule has 1 aromatic carbocycles. The van der Waals surface area contributed by atoms with Gasteiger partial charge in [0, 0.05) is 18.7 Å². The molecule has 0 unspecified atom stereocenters. The Balaban J connectivity index is 2.56. The Bertz CT molecular complexity index is 476. The van der Waals surface area contributed by atoms with Crippen LogP contribution < -0.4 is 5.32 Å². The van der Waals surface area contributed by atoms with Gasteiger partial charge in [0.2, 0.25) is 0 Å². The van der Waals surface area contributed by atoms with Crippen LogP contribution in [0.1, 0.15) is 22.3 Å². The lowest BCUT2D eigenvalue weighted by Gasteiger charge is -2.07. The highest BCUT2D eigenvalue weighted by Gasteiger charge is 2.21. The monoisotopic (exact) mass is 282 g/mol. The summed E-state index contributed by atoms with van der Waals surface area (Å²) >= 11 is 0. The molecule has 0 saturated carbocycles. The molecule has 0 radical (unpaired) electrons. The molecule has 7 nitrogen and oxygen atoms in total. The molecule has 1 rings (SSSR count). The van der Waals surface area contributed by atoms with Crippen LogP contribution in [0.5, 0.6) is 0 Å². The Morgan fingerprint density at radius 2 is 2.20 bits per heavy atom. The largest absolute Gasteiger partial charge is 0.394 e. The second-order valence-corrected chi connectivity index (χ2v) is 4.17. The predicted molar refractivity (Wildman–Crippen MR) is 72.7 cm³/mol. The molecule has 0 aliphatic carbocycles. The third-order valence-corrected chi connectivity index (χ3v) is 2.65. The zero-order valence-corrected chi connectivity index (χ0v) is 11.3. The summed E-state index contributed by atoms with van der Waals surface area (Å²) < 4.78 is 5.04. The molecule has 20 heavy (non-hydrogen) atoms. The lowest BCUT2D eigenvalue weighted by molar-refractivity contribution is -0.385. The minimum atomic E-state index is -0.547. The van der Waals surface area contributed by atoms with Crippen molar-refractivity contribution in [3.05, 3.63) is 39.4 Å². The van der Waals surface area contributed by atoms with E-state index in [1.165, 1.54) is 6.07 Å². The number of nitro benzene ring substituents is 1. The van der Waals surface area contributed by atoms with E-state index in [4.69, 9.17) is 9.84 Å². The Kier molecular flexibility index (Phi) is 6.61. The normalized spacial score (nSPS) is 10.3. The van der Waals surface area contributed by atoms with E-state index in [1.54, 1.807) is 19.1 Å². The second kappa shape index (κ2) is 8.23. The summed E-state index contributed by atoms with van der Waals surface area (Å²) in [7, 11) is 0. The van der Waals surface area contributed by atoms with Gasteiger partial charge in [0.15, 0.2) is 0 Å². The average Bonchev–Trinajstić information content (AvgIpc) is 2.41. The number of ether oxygens (including phenoxy) is 1. The quantitative estimate of drug-likeness (QED) is 0.421. The van der Waals surface area contributed by atoms with E-state index in [0.717, 1.165) is 0 Å². The van der Waals surface area contributed by atoms with E-state index < -0.39 is 10.8 Å². The summed E-state index contributed by atoms with van der Waals surface area (Å²) in [5.41, 5.74) is 0.349. The molecular formula is C13H18N2O5. The number of hydrogen-bond acceptors (Lipinski definition) is 5. The van der Waals surface area contributed by atoms with Crippen LogP contribution >= 0.6 is 0 Å². The molecule has 2 N–H and O–H groups in total. The molecule has 110 valence electrons. The number of carbonyl (C=O) groups is 1. The molecule has 0 bridgehead atoms. The highest BCUT2D eigenvalue weighted by Crippen LogP contribution is 2.22. The number of carbonyl (C=O) groups excluding carboxylic acids is 1. The number of nitrogens with zero attached hydrogens (tertiary/aromatic N) is 1. The molecule has 0 aliphatic heterocycles. The van der Waals surface area contributed by atoms with Crippen LogP contribution in [0.4, 0.5) is 5.69 Å². The third-order valence-electron chi connectivity index (χ3n) is 2.65. The molecule has 0 aliphatic rings. The van der Waals surface area contributed by atoms with Crippen LogP contribution in [0.15, 0.2) is 18.2 Å². The summed E-state index contributed by atoms with van der Waals surface area (Å²) in [4.78, 5) is 22.3. The van der Waals surface area contributed by atoms with Gasteiger partial charge in [-0.25, -0.2) is 0 Å². The number of aliphatic hydroxyl groups excluding tert-OH is 1. The highest BCUT2D eigenvalue weighted by molar-refractivity contribution is 5.98. The average molecular weight is 282 g/mol. The van der Waals surface area contributed by atoms with Crippen molar-refractivity contribution in [1.82, 2.24) is 5.32 Å². The summed E-state index contributed by atoms with van der Waals surface area (Å²) in [6.45, 7) is 2.59. The summed E-state index contributed by atoms with van der Waals surface area (Å²) in [5, 5.41) is 22.1. The van der Waals surface area contributed by atoms with Gasteiger partial charge in [0.1, 0.15) is 5.56 Å². The molecular weight excluding hydrogens is 264 g/mol. The van der Waals surface area contributed by atoms with Crippen LogP contribution in [-0.4, -0.2) is 42.3 Å². The molecule has 0 heterocycles. The van der Waals surface area contributed by atoms with E-state index in [0.29, 0.717) is 25.1 Å². The highest BCUT2D eigenvalue weighted by atomic mass is 16.6. The number of hydrogen-bond donors (Lipinski definition) is 2. The van der Waals surface area contributed by atoms with Crippen molar-refractivity contribution in [3.63, 3.8) is 0 Å². The first-order chi connectivity index (χ1) is 9.57. The van der Waals surface area contributed by atoms with Crippen LogP contribution in [0.2, 0.25) is 0 Å². The number of amides is 1. The molecule has 0 aromatic heterocycles. The lowest BCUT2D eigenvalue weighted by atomic mass is 10.1. The number of benzene rings is 1. The fourth-order valence-corrected chi connectivity index (χ4v) is 1.72. The van der Waals surface area contributed by atoms with E-state index >= 15 is 0 Å². The molecule has 0 fully saturated rings. The lowest BCUT2D eigenvalue weighted by Crippen LogP contribution is -2.26. The number of aliphatic hydroxyl groups is 1. The first-order valence-corrected chi connectivity index (χ1v) is 6.28. The minimum absolute atomic E-state index is 0.0398. The zero-order valence-electron chi connectivity index (χ0n) is 11.3. The van der Waals surface area contributed by atoms with Crippen molar-refractivity contribution in [2.45, 2.75) is 13.3 Å². The van der Waals surface area contributed by atoms with Gasteiger partial charge in [-0.2, -0.15) is 0 Å². The van der Waals surface area contributed by atoms with Crippen LogP contribution in [-0.2, 0) is 4.74 Å². The Morgan fingerprint density at radius 3 is 2.85 bits per heavy atom. The number of rotatable bonds is 8. The van der Waals surface area contributed by atoms with Crippen LogP contribution in [0, 0.1) is 17.0 Å². The minimum Gasteiger partial charge on any atom is -0.394 e. The van der Waals surface area contributed by atoms with Crippen molar-refractivity contribution in [1.29, 1.82) is 0 Å². The molecule has 0 spiro atoms. The van der Waals surface area contributed by atoms with E-state index in [-0.39, 0.29) is 24.5 Å². The van der Waals surface area contributed by atoms with Gasteiger partial charge in [0.25, 0.3) is 11.6 Å². The van der Waals surface area contributed by atoms with E-state index in [1.807, 2.05) is 0 Å². The van der Waals surface area contributed by atoms with Gasteiger partial charge in [-0.1, -0.05) is 12.1 Å². The fourth-order valence-electron chi connectivity index (χ4n) is 1.72. The van der Waals surface area contributed by atoms with Gasteiger partial charge >= 0.3 is 0 Å². The van der Waals surface area contributed by atoms with Crippen molar-refractivity contribution in [2.75, 3.05) is 26.4 Å². The third kappa shape index (κ3) is 4.60. The number of nitrogens with one attached hydrogen (secondary N) is 1. The Morgan fingerprint density at radius 1 is 1.45 bits per heavy atom. The number of nitro groups is 1. The van der Waals surface area contributed by atoms with Crippen molar-refractivity contribution >= 4 is 11.6 Å².